The van der Waals surface area contributed by atoms with E-state index in [1.54, 1.807) is 18.2 Å². The highest BCUT2D eigenvalue weighted by atomic mass is 16.5. The van der Waals surface area contributed by atoms with E-state index in [2.05, 4.69) is 9.97 Å². The number of nitrogens with zero attached hydrogens (tertiary/aromatic N) is 2. The molecule has 28 heavy (non-hydrogen) atoms. The van der Waals surface area contributed by atoms with Crippen LogP contribution in [0.5, 0.6) is 11.5 Å². The zero-order chi connectivity index (χ0) is 20.1. The third-order valence-corrected chi connectivity index (χ3v) is 4.95. The van der Waals surface area contributed by atoms with E-state index in [-0.39, 0.29) is 5.84 Å². The molecule has 0 bridgehead atoms. The Hall–Kier alpha value is -3.39. The third-order valence-electron chi connectivity index (χ3n) is 4.95. The van der Waals surface area contributed by atoms with Gasteiger partial charge in [0.15, 0.2) is 0 Å². The maximum absolute atomic E-state index is 13.1. The Morgan fingerprint density at radius 3 is 2.43 bits per heavy atom. The van der Waals surface area contributed by atoms with Gasteiger partial charge < -0.3 is 19.6 Å². The van der Waals surface area contributed by atoms with E-state index in [1.165, 1.54) is 26.0 Å². The van der Waals surface area contributed by atoms with Crippen molar-refractivity contribution in [2.45, 2.75) is 18.6 Å². The largest absolute Gasteiger partial charge is 0.497 e. The highest BCUT2D eigenvalue weighted by Crippen LogP contribution is 2.41. The predicted molar refractivity (Wildman–Crippen MR) is 104 cm³/mol. The van der Waals surface area contributed by atoms with Crippen molar-refractivity contribution < 1.29 is 19.4 Å². The summed E-state index contributed by atoms with van der Waals surface area (Å²) in [5.41, 5.74) is -0.0467. The van der Waals surface area contributed by atoms with Crippen LogP contribution in [-0.4, -0.2) is 46.6 Å². The molecule has 0 radical (unpaired) electrons. The Labute approximate surface area is 161 Å². The van der Waals surface area contributed by atoms with Gasteiger partial charge in [-0.15, -0.1) is 0 Å². The molecule has 0 aliphatic carbocycles. The predicted octanol–water partition coefficient (Wildman–Crippen LogP) is 2.44. The molecule has 0 amide bonds. The molecule has 1 saturated heterocycles. The normalized spacial score (nSPS) is 22.1. The maximum atomic E-state index is 13.1. The van der Waals surface area contributed by atoms with Crippen molar-refractivity contribution in [3.05, 3.63) is 48.3 Å². The summed E-state index contributed by atoms with van der Waals surface area (Å²) in [7, 11) is 3.02. The van der Waals surface area contributed by atoms with Crippen LogP contribution in [0.3, 0.4) is 0 Å². The molecule has 1 aliphatic heterocycles. The number of amidine groups is 1. The van der Waals surface area contributed by atoms with Gasteiger partial charge in [0, 0.05) is 18.2 Å². The van der Waals surface area contributed by atoms with Crippen LogP contribution >= 0.6 is 0 Å². The van der Waals surface area contributed by atoms with E-state index in [9.17, 15) is 9.90 Å². The van der Waals surface area contributed by atoms with Gasteiger partial charge in [-0.2, -0.15) is 0 Å². The van der Waals surface area contributed by atoms with Crippen LogP contribution in [0, 0.1) is 5.41 Å². The fourth-order valence-corrected chi connectivity index (χ4v) is 3.55. The Kier molecular flexibility index (Phi) is 4.08. The fraction of sp³-hybridized carbons (Fsp3) is 0.250. The number of fused-ring (bicyclic) bond motifs is 1. The molecule has 1 aliphatic rings. The van der Waals surface area contributed by atoms with Crippen LogP contribution in [0.4, 0.5) is 5.69 Å². The number of para-hydroxylation sites is 2. The number of hydrogen-bond donors (Lipinski definition) is 3. The molecule has 3 aromatic rings. The minimum atomic E-state index is -1.92. The Bertz CT molecular complexity index is 1030. The van der Waals surface area contributed by atoms with Crippen molar-refractivity contribution in [3.63, 3.8) is 0 Å². The number of imidazole rings is 1. The number of rotatable bonds is 4. The minimum Gasteiger partial charge on any atom is -0.497 e. The average Bonchev–Trinajstić information content (AvgIpc) is 3.17. The van der Waals surface area contributed by atoms with Gasteiger partial charge >= 0.3 is 0 Å². The van der Waals surface area contributed by atoms with Crippen molar-refractivity contribution in [1.29, 1.82) is 5.41 Å². The van der Waals surface area contributed by atoms with Crippen molar-refractivity contribution in [2.75, 3.05) is 19.1 Å². The van der Waals surface area contributed by atoms with Crippen LogP contribution < -0.4 is 14.4 Å². The smallest absolute Gasteiger partial charge is 0.203 e. The first-order valence-corrected chi connectivity index (χ1v) is 8.70. The van der Waals surface area contributed by atoms with Crippen molar-refractivity contribution in [3.8, 4) is 11.5 Å². The second-order valence-corrected chi connectivity index (χ2v) is 6.75. The summed E-state index contributed by atoms with van der Waals surface area (Å²) in [6.07, 6.45) is 0. The molecule has 144 valence electrons. The van der Waals surface area contributed by atoms with E-state index in [1.807, 2.05) is 24.3 Å². The lowest BCUT2D eigenvalue weighted by molar-refractivity contribution is -0.132. The van der Waals surface area contributed by atoms with Crippen molar-refractivity contribution >= 4 is 28.3 Å². The summed E-state index contributed by atoms with van der Waals surface area (Å²) in [4.78, 5) is 21.9. The first-order chi connectivity index (χ1) is 13.4. The highest BCUT2D eigenvalue weighted by Gasteiger charge is 2.55. The van der Waals surface area contributed by atoms with Gasteiger partial charge in [-0.05, 0) is 19.1 Å². The second-order valence-electron chi connectivity index (χ2n) is 6.75. The van der Waals surface area contributed by atoms with E-state index in [0.29, 0.717) is 28.5 Å². The third kappa shape index (κ3) is 2.61. The van der Waals surface area contributed by atoms with Crippen LogP contribution in [0.1, 0.15) is 18.7 Å². The number of H-pyrrole nitrogens is 1. The molecule has 1 fully saturated rings. The lowest BCUT2D eigenvalue weighted by Gasteiger charge is -2.30. The number of aromatic amines is 1. The van der Waals surface area contributed by atoms with E-state index < -0.39 is 17.4 Å². The molecular weight excluding hydrogens is 360 g/mol. The summed E-state index contributed by atoms with van der Waals surface area (Å²) in [5, 5.41) is 19.6. The SMILES string of the molecule is COc1cc(OC)cc(N2C(=N)C(c3nc4ccccc4[nH]3)C(=O)C2(C)O)c1. The lowest BCUT2D eigenvalue weighted by Crippen LogP contribution is -2.47. The number of anilines is 1. The summed E-state index contributed by atoms with van der Waals surface area (Å²) in [6.45, 7) is 1.37. The first-order valence-electron chi connectivity index (χ1n) is 8.70. The van der Waals surface area contributed by atoms with Crippen molar-refractivity contribution in [1.82, 2.24) is 9.97 Å². The van der Waals surface area contributed by atoms with Gasteiger partial charge in [-0.1, -0.05) is 12.1 Å². The number of aromatic nitrogens is 2. The summed E-state index contributed by atoms with van der Waals surface area (Å²) in [6, 6.07) is 12.3. The Morgan fingerprint density at radius 2 is 1.82 bits per heavy atom. The number of ketones is 1. The Morgan fingerprint density at radius 1 is 1.18 bits per heavy atom. The molecule has 1 aromatic heterocycles. The second kappa shape index (κ2) is 6.35. The summed E-state index contributed by atoms with van der Waals surface area (Å²) >= 11 is 0. The van der Waals surface area contributed by atoms with Gasteiger partial charge in [0.2, 0.25) is 11.5 Å². The zero-order valence-electron chi connectivity index (χ0n) is 15.7. The number of carbonyl (C=O) groups excluding carboxylic acids is 1. The highest BCUT2D eigenvalue weighted by molar-refractivity contribution is 6.25. The molecular formula is C20H20N4O4. The number of carbonyl (C=O) groups is 1. The van der Waals surface area contributed by atoms with Gasteiger partial charge in [0.1, 0.15) is 29.1 Å². The molecule has 4 rings (SSSR count). The number of ether oxygens (including phenoxy) is 2. The zero-order valence-corrected chi connectivity index (χ0v) is 15.7. The van der Waals surface area contributed by atoms with Gasteiger partial charge in [-0.3, -0.25) is 15.1 Å². The molecule has 2 aromatic carbocycles. The number of methoxy groups -OCH3 is 2. The standard InChI is InChI=1S/C20H20N4O4/c1-20(26)17(25)16(19-22-14-6-4-5-7-15(14)23-19)18(21)24(20)11-8-12(27-2)10-13(9-11)28-3/h4-10,16,21,26H,1-3H3,(H,22,23). The van der Waals surface area contributed by atoms with Crippen LogP contribution in [0.2, 0.25) is 0 Å². The molecule has 2 heterocycles. The Balaban J connectivity index is 1.82. The minimum absolute atomic E-state index is 0.0793. The molecule has 8 nitrogen and oxygen atoms in total. The quantitative estimate of drug-likeness (QED) is 0.641. The molecule has 2 atom stereocenters. The van der Waals surface area contributed by atoms with E-state index in [0.717, 1.165) is 5.52 Å². The summed E-state index contributed by atoms with van der Waals surface area (Å²) < 4.78 is 10.6. The number of nitrogens with one attached hydrogen (secondary N) is 2. The number of aliphatic hydroxyl groups is 1. The van der Waals surface area contributed by atoms with Crippen LogP contribution in [-0.2, 0) is 4.79 Å². The maximum Gasteiger partial charge on any atom is 0.203 e. The van der Waals surface area contributed by atoms with Gasteiger partial charge in [0.05, 0.1) is 30.9 Å². The van der Waals surface area contributed by atoms with E-state index >= 15 is 0 Å². The number of Topliss-reactive ketones (excluding diaryl/α,β-unsaturated/α-hetero) is 1. The molecule has 0 spiro atoms. The van der Waals surface area contributed by atoms with Gasteiger partial charge in [0.25, 0.3) is 0 Å². The topological polar surface area (TPSA) is 112 Å². The average molecular weight is 380 g/mol. The summed E-state index contributed by atoms with van der Waals surface area (Å²) in [5.74, 6) is -0.327. The molecule has 8 heteroatoms. The monoisotopic (exact) mass is 380 g/mol. The lowest BCUT2D eigenvalue weighted by atomic mass is 10.0. The van der Waals surface area contributed by atoms with Crippen LogP contribution in [0.25, 0.3) is 11.0 Å². The fourth-order valence-electron chi connectivity index (χ4n) is 3.55. The number of hydrogen-bond acceptors (Lipinski definition) is 6. The van der Waals surface area contributed by atoms with Crippen molar-refractivity contribution in [2.24, 2.45) is 0 Å². The molecule has 3 N–H and O–H groups in total. The van der Waals surface area contributed by atoms with E-state index in [4.69, 9.17) is 14.9 Å². The van der Waals surface area contributed by atoms with Crippen LogP contribution in [0.15, 0.2) is 42.5 Å². The first kappa shape index (κ1) is 18.0. The molecule has 0 saturated carbocycles. The molecule has 2 unspecified atom stereocenters. The number of benzene rings is 2. The van der Waals surface area contributed by atoms with Gasteiger partial charge in [-0.25, -0.2) is 4.98 Å².